The normalized spacial score (nSPS) is 40.0. The van der Waals surface area contributed by atoms with Gasteiger partial charge in [0.1, 0.15) is 0 Å². The number of hydrogen-bond donors (Lipinski definition) is 1. The van der Waals surface area contributed by atoms with Gasteiger partial charge in [0.15, 0.2) is 0 Å². The van der Waals surface area contributed by atoms with E-state index in [1.165, 1.54) is 44.9 Å². The van der Waals surface area contributed by atoms with Crippen molar-refractivity contribution in [1.29, 1.82) is 0 Å². The van der Waals surface area contributed by atoms with Crippen molar-refractivity contribution >= 4 is 0 Å². The maximum absolute atomic E-state index is 3.74. The van der Waals surface area contributed by atoms with E-state index in [2.05, 4.69) is 47.0 Å². The Hall–Kier alpha value is -0.0400. The van der Waals surface area contributed by atoms with E-state index < -0.39 is 0 Å². The first-order valence-corrected chi connectivity index (χ1v) is 9.48. The molecular weight excluding hydrogens is 254 g/mol. The maximum atomic E-state index is 3.74. The minimum Gasteiger partial charge on any atom is -0.316 e. The molecule has 21 heavy (non-hydrogen) atoms. The molecule has 2 fully saturated rings. The average Bonchev–Trinajstić information content (AvgIpc) is 2.38. The topological polar surface area (TPSA) is 12.0 Å². The van der Waals surface area contributed by atoms with Crippen molar-refractivity contribution in [2.24, 2.45) is 35.0 Å². The summed E-state index contributed by atoms with van der Waals surface area (Å²) >= 11 is 0. The highest BCUT2D eigenvalue weighted by Crippen LogP contribution is 2.44. The van der Waals surface area contributed by atoms with Crippen molar-refractivity contribution in [2.45, 2.75) is 85.6 Å². The number of rotatable bonds is 3. The van der Waals surface area contributed by atoms with E-state index in [4.69, 9.17) is 0 Å². The van der Waals surface area contributed by atoms with Crippen LogP contribution in [0.15, 0.2) is 0 Å². The molecule has 0 spiro atoms. The molecular formula is C20H39N. The summed E-state index contributed by atoms with van der Waals surface area (Å²) in [5.74, 6) is 4.65. The molecule has 124 valence electrons. The van der Waals surface area contributed by atoms with E-state index in [9.17, 15) is 0 Å². The summed E-state index contributed by atoms with van der Waals surface area (Å²) in [5, 5.41) is 3.74. The molecule has 0 bridgehead atoms. The Labute approximate surface area is 133 Å². The second-order valence-corrected chi connectivity index (χ2v) is 9.47. The van der Waals surface area contributed by atoms with E-state index in [-0.39, 0.29) is 0 Å². The molecule has 0 amide bonds. The first-order valence-electron chi connectivity index (χ1n) is 9.48. The smallest absolute Gasteiger partial charge is 0.0121 e. The summed E-state index contributed by atoms with van der Waals surface area (Å²) < 4.78 is 0. The van der Waals surface area contributed by atoms with E-state index in [1.807, 2.05) is 0 Å². The van der Waals surface area contributed by atoms with E-state index >= 15 is 0 Å². The van der Waals surface area contributed by atoms with Gasteiger partial charge in [-0.05, 0) is 87.0 Å². The van der Waals surface area contributed by atoms with Gasteiger partial charge in [0.2, 0.25) is 0 Å². The fraction of sp³-hybridized carbons (Fsp3) is 1.00. The molecule has 1 N–H and O–H groups in total. The number of nitrogens with one attached hydrogen (secondary N) is 1. The molecule has 2 aliphatic rings. The molecule has 1 heteroatoms. The first kappa shape index (κ1) is 17.3. The molecule has 0 aliphatic heterocycles. The lowest BCUT2D eigenvalue weighted by molar-refractivity contribution is 0.0925. The van der Waals surface area contributed by atoms with Gasteiger partial charge < -0.3 is 5.32 Å². The molecule has 0 aromatic heterocycles. The Morgan fingerprint density at radius 1 is 0.810 bits per heavy atom. The quantitative estimate of drug-likeness (QED) is 0.724. The van der Waals surface area contributed by atoms with Crippen LogP contribution in [0.3, 0.4) is 0 Å². The molecule has 2 rings (SSSR count). The van der Waals surface area contributed by atoms with E-state index in [0.717, 1.165) is 35.6 Å². The third-order valence-electron chi connectivity index (χ3n) is 6.56. The largest absolute Gasteiger partial charge is 0.316 e. The minimum atomic E-state index is 0.508. The Morgan fingerprint density at radius 2 is 1.33 bits per heavy atom. The fourth-order valence-electron chi connectivity index (χ4n) is 5.50. The van der Waals surface area contributed by atoms with Gasteiger partial charge in [0.05, 0.1) is 0 Å². The van der Waals surface area contributed by atoms with Crippen LogP contribution in [0.25, 0.3) is 0 Å². The molecule has 2 saturated carbocycles. The van der Waals surface area contributed by atoms with Crippen molar-refractivity contribution < 1.29 is 0 Å². The van der Waals surface area contributed by atoms with Crippen molar-refractivity contribution in [3.8, 4) is 0 Å². The lowest BCUT2D eigenvalue weighted by Gasteiger charge is -2.44. The van der Waals surface area contributed by atoms with E-state index in [1.54, 1.807) is 0 Å². The minimum absolute atomic E-state index is 0.508. The average molecular weight is 294 g/mol. The summed E-state index contributed by atoms with van der Waals surface area (Å²) in [7, 11) is 2.21. The van der Waals surface area contributed by atoms with Crippen LogP contribution in [0.5, 0.6) is 0 Å². The SMILES string of the molecule is CNC(C1CCC(C(C)(C)C)CC1)C1CC(C)CC(C)C1. The molecule has 0 aromatic carbocycles. The van der Waals surface area contributed by atoms with Gasteiger partial charge in [-0.1, -0.05) is 34.6 Å². The summed E-state index contributed by atoms with van der Waals surface area (Å²) in [4.78, 5) is 0. The molecule has 0 saturated heterocycles. The Balaban J connectivity index is 1.93. The van der Waals surface area contributed by atoms with Gasteiger partial charge in [-0.25, -0.2) is 0 Å². The lowest BCUT2D eigenvalue weighted by Crippen LogP contribution is -2.45. The van der Waals surface area contributed by atoms with Gasteiger partial charge in [-0.15, -0.1) is 0 Å². The summed E-state index contributed by atoms with van der Waals surface area (Å²) in [5.41, 5.74) is 0.508. The highest BCUT2D eigenvalue weighted by atomic mass is 14.9. The fourth-order valence-corrected chi connectivity index (χ4v) is 5.50. The molecule has 0 aromatic rings. The standard InChI is InChI=1S/C20H39N/c1-14-11-15(2)13-17(12-14)19(21-6)16-7-9-18(10-8-16)20(3,4)5/h14-19,21H,7-13H2,1-6H3. The van der Waals surface area contributed by atoms with Gasteiger partial charge in [-0.3, -0.25) is 0 Å². The van der Waals surface area contributed by atoms with Crippen molar-refractivity contribution in [3.05, 3.63) is 0 Å². The second-order valence-electron chi connectivity index (χ2n) is 9.47. The Kier molecular flexibility index (Phi) is 5.79. The third-order valence-corrected chi connectivity index (χ3v) is 6.56. The predicted molar refractivity (Wildman–Crippen MR) is 93.4 cm³/mol. The summed E-state index contributed by atoms with van der Waals surface area (Å²) in [6.45, 7) is 12.2. The van der Waals surface area contributed by atoms with Crippen molar-refractivity contribution in [2.75, 3.05) is 7.05 Å². The predicted octanol–water partition coefficient (Wildman–Crippen LogP) is 5.50. The van der Waals surface area contributed by atoms with Crippen LogP contribution < -0.4 is 5.32 Å². The first-order chi connectivity index (χ1) is 9.81. The summed E-state index contributed by atoms with van der Waals surface area (Å²) in [6, 6.07) is 0.774. The second kappa shape index (κ2) is 7.02. The number of hydrogen-bond acceptors (Lipinski definition) is 1. The van der Waals surface area contributed by atoms with Crippen molar-refractivity contribution in [3.63, 3.8) is 0 Å². The third kappa shape index (κ3) is 4.47. The Bertz CT molecular complexity index is 298. The van der Waals surface area contributed by atoms with Crippen LogP contribution >= 0.6 is 0 Å². The molecule has 0 heterocycles. The molecule has 3 atom stereocenters. The highest BCUT2D eigenvalue weighted by Gasteiger charge is 2.37. The van der Waals surface area contributed by atoms with Gasteiger partial charge >= 0.3 is 0 Å². The van der Waals surface area contributed by atoms with Crippen LogP contribution in [0.2, 0.25) is 0 Å². The molecule has 0 radical (unpaired) electrons. The highest BCUT2D eigenvalue weighted by molar-refractivity contribution is 4.91. The zero-order valence-electron chi connectivity index (χ0n) is 15.4. The summed E-state index contributed by atoms with van der Waals surface area (Å²) in [6.07, 6.45) is 10.2. The molecule has 1 nitrogen and oxygen atoms in total. The Morgan fingerprint density at radius 3 is 1.76 bits per heavy atom. The van der Waals surface area contributed by atoms with E-state index in [0.29, 0.717) is 5.41 Å². The van der Waals surface area contributed by atoms with Gasteiger partial charge in [0.25, 0.3) is 0 Å². The van der Waals surface area contributed by atoms with Crippen LogP contribution in [0.4, 0.5) is 0 Å². The molecule has 2 aliphatic carbocycles. The van der Waals surface area contributed by atoms with Gasteiger partial charge in [0, 0.05) is 6.04 Å². The van der Waals surface area contributed by atoms with Crippen LogP contribution in [-0.4, -0.2) is 13.1 Å². The molecule has 3 unspecified atom stereocenters. The maximum Gasteiger partial charge on any atom is 0.0121 e. The zero-order valence-corrected chi connectivity index (χ0v) is 15.4. The van der Waals surface area contributed by atoms with Crippen LogP contribution in [0, 0.1) is 35.0 Å². The van der Waals surface area contributed by atoms with Crippen molar-refractivity contribution in [1.82, 2.24) is 5.32 Å². The monoisotopic (exact) mass is 293 g/mol. The van der Waals surface area contributed by atoms with Crippen LogP contribution in [0.1, 0.15) is 79.6 Å². The van der Waals surface area contributed by atoms with Crippen LogP contribution in [-0.2, 0) is 0 Å². The lowest BCUT2D eigenvalue weighted by atomic mass is 9.65. The zero-order chi connectivity index (χ0) is 15.6. The van der Waals surface area contributed by atoms with Gasteiger partial charge in [-0.2, -0.15) is 0 Å².